The number of rotatable bonds is 9. The summed E-state index contributed by atoms with van der Waals surface area (Å²) >= 11 is 0. The molecule has 0 radical (unpaired) electrons. The molecule has 1 aromatic heterocycles. The zero-order valence-electron chi connectivity index (χ0n) is 28.6. The fourth-order valence-corrected chi connectivity index (χ4v) is 6.49. The molecule has 2 saturated heterocycles. The zero-order chi connectivity index (χ0) is 36.1. The van der Waals surface area contributed by atoms with E-state index in [2.05, 4.69) is 56.5 Å². The van der Waals surface area contributed by atoms with Gasteiger partial charge in [0.1, 0.15) is 5.75 Å². The van der Waals surface area contributed by atoms with Crippen molar-refractivity contribution in [2.45, 2.75) is 70.8 Å². The Morgan fingerprint density at radius 1 is 1.04 bits per heavy atom. The van der Waals surface area contributed by atoms with Crippen LogP contribution in [0.1, 0.15) is 50.7 Å². The van der Waals surface area contributed by atoms with Gasteiger partial charge < -0.3 is 29.9 Å². The number of amides is 2. The van der Waals surface area contributed by atoms with Crippen LogP contribution < -0.4 is 15.0 Å². The van der Waals surface area contributed by atoms with Gasteiger partial charge in [0.05, 0.1) is 12.1 Å². The third-order valence-electron chi connectivity index (χ3n) is 9.21. The standard InChI is InChI=1S/C34H44N6O3.C2HF3O2/c1-24-18-25(9-12-31(24)27-20-36-37-21-27)22-40(28-10-11-28)32(41)26-6-5-15-39(23-26)29-7-4-8-30(19-29)43-34(2,3)33(42)38-16-13-35-14-17-38;3-2(4,5)1(6)7/h4,7-9,12,18-21,26,28,35H,5-6,10-11,13-17,22-23H2,1-3H3,(H,36,37);(H,6,7). The lowest BCUT2D eigenvalue weighted by molar-refractivity contribution is -0.192. The molecule has 2 aliphatic heterocycles. The van der Waals surface area contributed by atoms with E-state index in [1.165, 1.54) is 11.1 Å². The number of aromatic nitrogens is 2. The number of carboxylic acid groups (broad SMARTS) is 1. The number of H-pyrrole nitrogens is 1. The number of carbonyl (C=O) groups is 3. The monoisotopic (exact) mass is 698 g/mol. The van der Waals surface area contributed by atoms with E-state index in [9.17, 15) is 22.8 Å². The van der Waals surface area contributed by atoms with Crippen LogP contribution >= 0.6 is 0 Å². The number of nitrogens with zero attached hydrogens (tertiary/aromatic N) is 4. The topological polar surface area (TPSA) is 131 Å². The van der Waals surface area contributed by atoms with E-state index in [0.717, 1.165) is 62.1 Å². The number of carboxylic acids is 1. The summed E-state index contributed by atoms with van der Waals surface area (Å²) in [4.78, 5) is 42.4. The summed E-state index contributed by atoms with van der Waals surface area (Å²) in [5, 5.41) is 17.4. The Balaban J connectivity index is 0.000000630. The van der Waals surface area contributed by atoms with Gasteiger partial charge in [-0.25, -0.2) is 4.79 Å². The van der Waals surface area contributed by atoms with Gasteiger partial charge in [-0.2, -0.15) is 18.3 Å². The summed E-state index contributed by atoms with van der Waals surface area (Å²) in [6.07, 6.45) is 2.69. The van der Waals surface area contributed by atoms with Crippen LogP contribution in [-0.2, 0) is 20.9 Å². The van der Waals surface area contributed by atoms with Crippen molar-refractivity contribution in [2.24, 2.45) is 5.92 Å². The van der Waals surface area contributed by atoms with Crippen molar-refractivity contribution in [3.05, 3.63) is 66.0 Å². The molecule has 1 saturated carbocycles. The van der Waals surface area contributed by atoms with Crippen LogP contribution in [0, 0.1) is 12.8 Å². The largest absolute Gasteiger partial charge is 0.490 e. The number of anilines is 1. The van der Waals surface area contributed by atoms with E-state index in [1.54, 1.807) is 0 Å². The van der Waals surface area contributed by atoms with E-state index in [1.807, 2.05) is 49.3 Å². The van der Waals surface area contributed by atoms with Crippen molar-refractivity contribution >= 4 is 23.5 Å². The minimum atomic E-state index is -5.08. The van der Waals surface area contributed by atoms with Gasteiger partial charge in [0.25, 0.3) is 5.91 Å². The number of benzene rings is 2. The Morgan fingerprint density at radius 2 is 1.76 bits per heavy atom. The maximum absolute atomic E-state index is 14.0. The third-order valence-corrected chi connectivity index (χ3v) is 9.21. The molecule has 1 atom stereocenters. The SMILES string of the molecule is Cc1cc(CN(C(=O)C2CCCN(c3cccc(OC(C)(C)C(=O)N4CCNCC4)c3)C2)C2CC2)ccc1-c1cn[nH]c1.O=C(O)C(F)(F)F. The van der Waals surface area contributed by atoms with Crippen molar-refractivity contribution in [3.8, 4) is 16.9 Å². The van der Waals surface area contributed by atoms with Gasteiger partial charge in [-0.15, -0.1) is 0 Å². The van der Waals surface area contributed by atoms with E-state index in [0.29, 0.717) is 38.0 Å². The number of piperazine rings is 1. The molecule has 6 rings (SSSR count). The number of hydrogen-bond donors (Lipinski definition) is 3. The van der Waals surface area contributed by atoms with Crippen LogP contribution in [0.3, 0.4) is 0 Å². The van der Waals surface area contributed by atoms with Crippen molar-refractivity contribution in [1.82, 2.24) is 25.3 Å². The summed E-state index contributed by atoms with van der Waals surface area (Å²) in [6, 6.07) is 14.8. The maximum Gasteiger partial charge on any atom is 0.490 e. The summed E-state index contributed by atoms with van der Waals surface area (Å²) in [6.45, 7) is 11.1. The molecular weight excluding hydrogens is 653 g/mol. The molecule has 50 heavy (non-hydrogen) atoms. The number of aliphatic carboxylic acids is 1. The van der Waals surface area contributed by atoms with Gasteiger partial charge in [-0.3, -0.25) is 14.7 Å². The molecule has 0 spiro atoms. The quantitative estimate of drug-likeness (QED) is 0.284. The Labute approximate surface area is 289 Å². The van der Waals surface area contributed by atoms with Crippen molar-refractivity contribution in [3.63, 3.8) is 0 Å². The first-order valence-electron chi connectivity index (χ1n) is 17.0. The number of piperidine rings is 1. The molecule has 3 N–H and O–H groups in total. The molecule has 14 heteroatoms. The highest BCUT2D eigenvalue weighted by Gasteiger charge is 2.39. The van der Waals surface area contributed by atoms with E-state index < -0.39 is 17.7 Å². The fraction of sp³-hybridized carbons (Fsp3) is 0.500. The second-order valence-electron chi connectivity index (χ2n) is 13.6. The number of aromatic amines is 1. The molecule has 1 unspecified atom stereocenters. The predicted octanol–water partition coefficient (Wildman–Crippen LogP) is 5.02. The maximum atomic E-state index is 14.0. The van der Waals surface area contributed by atoms with Crippen LogP contribution in [0.5, 0.6) is 5.75 Å². The average molecular weight is 699 g/mol. The van der Waals surface area contributed by atoms with Crippen molar-refractivity contribution in [1.29, 1.82) is 0 Å². The highest BCUT2D eigenvalue weighted by atomic mass is 19.4. The molecule has 2 aromatic carbocycles. The van der Waals surface area contributed by atoms with Gasteiger partial charge in [0, 0.05) is 75.4 Å². The summed E-state index contributed by atoms with van der Waals surface area (Å²) < 4.78 is 38.0. The molecule has 0 bridgehead atoms. The van der Waals surface area contributed by atoms with Crippen LogP contribution in [0.15, 0.2) is 54.9 Å². The molecule has 1 aliphatic carbocycles. The number of carbonyl (C=O) groups excluding carboxylic acids is 2. The van der Waals surface area contributed by atoms with Crippen LogP contribution in [0.2, 0.25) is 0 Å². The molecule has 3 heterocycles. The van der Waals surface area contributed by atoms with Gasteiger partial charge in [0.2, 0.25) is 5.91 Å². The Hall–Kier alpha value is -4.59. The number of ether oxygens (including phenoxy) is 1. The number of aryl methyl sites for hydroxylation is 1. The van der Waals surface area contributed by atoms with Gasteiger partial charge >= 0.3 is 12.1 Å². The minimum Gasteiger partial charge on any atom is -0.478 e. The normalized spacial score (nSPS) is 18.2. The average Bonchev–Trinajstić information content (AvgIpc) is 3.79. The van der Waals surface area contributed by atoms with E-state index in [4.69, 9.17) is 14.6 Å². The van der Waals surface area contributed by atoms with E-state index in [-0.39, 0.29) is 17.7 Å². The summed E-state index contributed by atoms with van der Waals surface area (Å²) in [5.74, 6) is -1.86. The first-order chi connectivity index (χ1) is 23.7. The van der Waals surface area contributed by atoms with Crippen LogP contribution in [0.25, 0.3) is 11.1 Å². The molecule has 11 nitrogen and oxygen atoms in total. The predicted molar refractivity (Wildman–Crippen MR) is 182 cm³/mol. The Bertz CT molecular complexity index is 1640. The lowest BCUT2D eigenvalue weighted by Gasteiger charge is -2.37. The Morgan fingerprint density at radius 3 is 2.38 bits per heavy atom. The van der Waals surface area contributed by atoms with Gasteiger partial charge in [0.15, 0.2) is 5.60 Å². The molecule has 3 fully saturated rings. The van der Waals surface area contributed by atoms with Gasteiger partial charge in [-0.05, 0) is 75.3 Å². The second-order valence-corrected chi connectivity index (χ2v) is 13.6. The Kier molecular flexibility index (Phi) is 11.4. The molecular formula is C36H45F3N6O5. The van der Waals surface area contributed by atoms with Crippen molar-refractivity contribution in [2.75, 3.05) is 44.2 Å². The van der Waals surface area contributed by atoms with Crippen molar-refractivity contribution < 1.29 is 37.4 Å². The van der Waals surface area contributed by atoms with Gasteiger partial charge in [-0.1, -0.05) is 24.3 Å². The second kappa shape index (κ2) is 15.5. The zero-order valence-corrected chi connectivity index (χ0v) is 28.6. The number of halogens is 3. The minimum absolute atomic E-state index is 0.00881. The van der Waals surface area contributed by atoms with Crippen LogP contribution in [-0.4, -0.2) is 100.0 Å². The molecule has 2 amide bonds. The number of alkyl halides is 3. The highest BCUT2D eigenvalue weighted by Crippen LogP contribution is 2.34. The smallest absolute Gasteiger partial charge is 0.478 e. The van der Waals surface area contributed by atoms with Crippen LogP contribution in [0.4, 0.5) is 18.9 Å². The summed E-state index contributed by atoms with van der Waals surface area (Å²) in [5.41, 5.74) is 4.66. The summed E-state index contributed by atoms with van der Waals surface area (Å²) in [7, 11) is 0. The molecule has 270 valence electrons. The molecule has 3 aliphatic rings. The third kappa shape index (κ3) is 9.34. The fourth-order valence-electron chi connectivity index (χ4n) is 6.49. The highest BCUT2D eigenvalue weighted by molar-refractivity contribution is 5.85. The number of hydrogen-bond acceptors (Lipinski definition) is 7. The number of nitrogens with one attached hydrogen (secondary N) is 2. The first-order valence-corrected chi connectivity index (χ1v) is 17.0. The van der Waals surface area contributed by atoms with E-state index >= 15 is 0 Å². The lowest BCUT2D eigenvalue weighted by Crippen LogP contribution is -2.54. The lowest BCUT2D eigenvalue weighted by atomic mass is 9.95. The molecule has 3 aromatic rings. The first kappa shape index (κ1) is 36.7.